The summed E-state index contributed by atoms with van der Waals surface area (Å²) in [5.74, 6) is 0.889. The first-order valence-corrected chi connectivity index (χ1v) is 8.58. The van der Waals surface area contributed by atoms with Gasteiger partial charge in [-0.2, -0.15) is 0 Å². The van der Waals surface area contributed by atoms with E-state index in [0.29, 0.717) is 13.2 Å². The predicted molar refractivity (Wildman–Crippen MR) is 95.3 cm³/mol. The molecule has 23 heavy (non-hydrogen) atoms. The van der Waals surface area contributed by atoms with E-state index in [1.807, 2.05) is 6.07 Å². The Bertz CT molecular complexity index is 503. The van der Waals surface area contributed by atoms with Crippen LogP contribution in [-0.4, -0.2) is 67.4 Å². The molecule has 0 spiro atoms. The van der Waals surface area contributed by atoms with Gasteiger partial charge in [-0.25, -0.2) is 0 Å². The Labute approximate surface area is 141 Å². The van der Waals surface area contributed by atoms with Gasteiger partial charge in [0.2, 0.25) is 0 Å². The van der Waals surface area contributed by atoms with Crippen LogP contribution in [0.2, 0.25) is 0 Å². The molecule has 1 aliphatic rings. The van der Waals surface area contributed by atoms with Crippen molar-refractivity contribution in [3.05, 3.63) is 29.3 Å². The summed E-state index contributed by atoms with van der Waals surface area (Å²) in [5, 5.41) is 10.3. The first kappa shape index (κ1) is 18.2. The van der Waals surface area contributed by atoms with E-state index in [9.17, 15) is 5.11 Å². The van der Waals surface area contributed by atoms with Crippen molar-refractivity contribution in [3.63, 3.8) is 0 Å². The van der Waals surface area contributed by atoms with E-state index in [2.05, 4.69) is 56.7 Å². The number of rotatable bonds is 5. The number of aliphatic hydroxyl groups is 1. The van der Waals surface area contributed by atoms with E-state index < -0.39 is 6.10 Å². The van der Waals surface area contributed by atoms with Gasteiger partial charge in [-0.3, -0.25) is 4.90 Å². The van der Waals surface area contributed by atoms with Gasteiger partial charge in [0.1, 0.15) is 18.5 Å². The van der Waals surface area contributed by atoms with Gasteiger partial charge in [-0.1, -0.05) is 38.5 Å². The Hall–Kier alpha value is -1.10. The van der Waals surface area contributed by atoms with Crippen molar-refractivity contribution >= 4 is 0 Å². The summed E-state index contributed by atoms with van der Waals surface area (Å²) in [6, 6.07) is 6.28. The lowest BCUT2D eigenvalue weighted by atomic mass is 9.85. The fourth-order valence-corrected chi connectivity index (χ4v) is 2.92. The van der Waals surface area contributed by atoms with Crippen LogP contribution in [0.1, 0.15) is 31.9 Å². The fraction of sp³-hybridized carbons (Fsp3) is 0.684. The molecule has 1 saturated heterocycles. The van der Waals surface area contributed by atoms with Gasteiger partial charge >= 0.3 is 0 Å². The van der Waals surface area contributed by atoms with Crippen LogP contribution < -0.4 is 4.74 Å². The molecule has 1 aliphatic heterocycles. The number of hydrogen-bond donors (Lipinski definition) is 1. The number of likely N-dealkylation sites (N-methyl/N-ethyl adjacent to an activating group) is 1. The molecule has 1 atom stereocenters. The monoisotopic (exact) mass is 320 g/mol. The largest absolute Gasteiger partial charge is 0.491 e. The van der Waals surface area contributed by atoms with E-state index in [-0.39, 0.29) is 5.41 Å². The van der Waals surface area contributed by atoms with E-state index in [0.717, 1.165) is 31.9 Å². The second-order valence-electron chi connectivity index (χ2n) is 7.82. The van der Waals surface area contributed by atoms with Crippen LogP contribution in [0.25, 0.3) is 0 Å². The van der Waals surface area contributed by atoms with E-state index >= 15 is 0 Å². The van der Waals surface area contributed by atoms with Crippen molar-refractivity contribution < 1.29 is 9.84 Å². The zero-order valence-corrected chi connectivity index (χ0v) is 15.3. The van der Waals surface area contributed by atoms with Crippen LogP contribution in [0.3, 0.4) is 0 Å². The summed E-state index contributed by atoms with van der Waals surface area (Å²) in [4.78, 5) is 4.63. The average Bonchev–Trinajstić information content (AvgIpc) is 2.47. The number of nitrogens with zero attached hydrogens (tertiary/aromatic N) is 2. The number of benzene rings is 1. The van der Waals surface area contributed by atoms with Gasteiger partial charge in [0, 0.05) is 32.7 Å². The van der Waals surface area contributed by atoms with Crippen molar-refractivity contribution in [1.82, 2.24) is 9.80 Å². The Morgan fingerprint density at radius 3 is 2.43 bits per heavy atom. The number of aryl methyl sites for hydroxylation is 1. The van der Waals surface area contributed by atoms with Crippen molar-refractivity contribution in [3.8, 4) is 5.75 Å². The Kier molecular flexibility index (Phi) is 6.06. The normalized spacial score (nSPS) is 18.9. The summed E-state index contributed by atoms with van der Waals surface area (Å²) in [7, 11) is 2.14. The number of ether oxygens (including phenoxy) is 1. The van der Waals surface area contributed by atoms with Crippen LogP contribution in [0, 0.1) is 6.92 Å². The highest BCUT2D eigenvalue weighted by molar-refractivity contribution is 5.41. The van der Waals surface area contributed by atoms with E-state index in [1.165, 1.54) is 11.1 Å². The molecular weight excluding hydrogens is 288 g/mol. The topological polar surface area (TPSA) is 35.9 Å². The van der Waals surface area contributed by atoms with Crippen LogP contribution in [0.4, 0.5) is 0 Å². The maximum Gasteiger partial charge on any atom is 0.123 e. The molecule has 4 nitrogen and oxygen atoms in total. The molecule has 1 heterocycles. The standard InChI is InChI=1S/C19H32N2O2/c1-15-6-7-18(17(12-15)19(2,3)4)23-14-16(22)13-21-10-8-20(5)9-11-21/h6-7,12,16,22H,8-11,13-14H2,1-5H3/t16-/m0/s1. The molecule has 2 rings (SSSR count). The van der Waals surface area contributed by atoms with E-state index in [4.69, 9.17) is 4.74 Å². The highest BCUT2D eigenvalue weighted by Crippen LogP contribution is 2.32. The van der Waals surface area contributed by atoms with Crippen LogP contribution in [-0.2, 0) is 5.41 Å². The third kappa shape index (κ3) is 5.48. The third-order valence-corrected chi connectivity index (χ3v) is 4.44. The fourth-order valence-electron chi connectivity index (χ4n) is 2.92. The lowest BCUT2D eigenvalue weighted by Gasteiger charge is -2.33. The molecule has 130 valence electrons. The van der Waals surface area contributed by atoms with Gasteiger partial charge in [-0.05, 0) is 31.0 Å². The van der Waals surface area contributed by atoms with Crippen LogP contribution >= 0.6 is 0 Å². The molecule has 1 fully saturated rings. The van der Waals surface area contributed by atoms with Crippen LogP contribution in [0.5, 0.6) is 5.75 Å². The Morgan fingerprint density at radius 2 is 1.83 bits per heavy atom. The molecule has 0 saturated carbocycles. The number of hydrogen-bond acceptors (Lipinski definition) is 4. The molecule has 0 radical (unpaired) electrons. The zero-order valence-electron chi connectivity index (χ0n) is 15.3. The number of piperazine rings is 1. The second-order valence-corrected chi connectivity index (χ2v) is 7.82. The van der Waals surface area contributed by atoms with Crippen molar-refractivity contribution in [2.75, 3.05) is 46.4 Å². The first-order chi connectivity index (χ1) is 10.8. The quantitative estimate of drug-likeness (QED) is 0.903. The maximum absolute atomic E-state index is 10.3. The molecule has 0 bridgehead atoms. The van der Waals surface area contributed by atoms with Gasteiger partial charge in [-0.15, -0.1) is 0 Å². The van der Waals surface area contributed by atoms with Crippen molar-refractivity contribution in [1.29, 1.82) is 0 Å². The molecule has 0 aliphatic carbocycles. The average molecular weight is 320 g/mol. The molecule has 4 heteroatoms. The lowest BCUT2D eigenvalue weighted by Crippen LogP contribution is -2.47. The molecule has 1 aromatic carbocycles. The van der Waals surface area contributed by atoms with Gasteiger partial charge < -0.3 is 14.7 Å². The van der Waals surface area contributed by atoms with E-state index in [1.54, 1.807) is 0 Å². The van der Waals surface area contributed by atoms with Crippen molar-refractivity contribution in [2.45, 2.75) is 39.2 Å². The maximum atomic E-state index is 10.3. The molecule has 1 N–H and O–H groups in total. The summed E-state index contributed by atoms with van der Waals surface area (Å²) >= 11 is 0. The van der Waals surface area contributed by atoms with Gasteiger partial charge in [0.15, 0.2) is 0 Å². The first-order valence-electron chi connectivity index (χ1n) is 8.58. The highest BCUT2D eigenvalue weighted by Gasteiger charge is 2.21. The molecule has 0 amide bonds. The molecular formula is C19H32N2O2. The predicted octanol–water partition coefficient (Wildman–Crippen LogP) is 2.28. The summed E-state index contributed by atoms with van der Waals surface area (Å²) in [6.45, 7) is 13.9. The van der Waals surface area contributed by atoms with Crippen LogP contribution in [0.15, 0.2) is 18.2 Å². The number of aliphatic hydroxyl groups excluding tert-OH is 1. The second kappa shape index (κ2) is 7.65. The molecule has 0 aromatic heterocycles. The Balaban J connectivity index is 1.90. The lowest BCUT2D eigenvalue weighted by molar-refractivity contribution is 0.0500. The molecule has 1 aromatic rings. The van der Waals surface area contributed by atoms with Crippen molar-refractivity contribution in [2.24, 2.45) is 0 Å². The highest BCUT2D eigenvalue weighted by atomic mass is 16.5. The minimum atomic E-state index is -0.451. The third-order valence-electron chi connectivity index (χ3n) is 4.44. The smallest absolute Gasteiger partial charge is 0.123 e. The number of β-amino-alcohol motifs (C(OH)–C–C–N with tert-alkyl or cyclic N) is 1. The summed E-state index contributed by atoms with van der Waals surface area (Å²) < 4.78 is 5.96. The molecule has 0 unspecified atom stereocenters. The summed E-state index contributed by atoms with van der Waals surface area (Å²) in [6.07, 6.45) is -0.451. The minimum Gasteiger partial charge on any atom is -0.491 e. The zero-order chi connectivity index (χ0) is 17.0. The van der Waals surface area contributed by atoms with Gasteiger partial charge in [0.05, 0.1) is 0 Å². The summed E-state index contributed by atoms with van der Waals surface area (Å²) in [5.41, 5.74) is 2.47. The Morgan fingerprint density at radius 1 is 1.17 bits per heavy atom. The minimum absolute atomic E-state index is 0.0315. The SMILES string of the molecule is Cc1ccc(OC[C@@H](O)CN2CCN(C)CC2)c(C(C)(C)C)c1. The van der Waals surface area contributed by atoms with Gasteiger partial charge in [0.25, 0.3) is 0 Å².